The second-order valence-electron chi connectivity index (χ2n) is 5.91. The first-order valence-electron chi connectivity index (χ1n) is 8.38. The summed E-state index contributed by atoms with van der Waals surface area (Å²) in [6.45, 7) is -0.0659. The van der Waals surface area contributed by atoms with Gasteiger partial charge in [-0.3, -0.25) is 9.59 Å². The SMILES string of the molecule is CS(=O)(=O)c1ccc(NC(=O)COC(=O)CCCOc2cccc(Br)c2)cc1. The van der Waals surface area contributed by atoms with Gasteiger partial charge in [0.05, 0.1) is 11.5 Å². The Labute approximate surface area is 172 Å². The molecule has 0 aliphatic rings. The molecule has 1 N–H and O–H groups in total. The van der Waals surface area contributed by atoms with Crippen molar-refractivity contribution in [1.82, 2.24) is 0 Å². The molecular weight excluding hydrogens is 450 g/mol. The van der Waals surface area contributed by atoms with E-state index in [2.05, 4.69) is 21.2 Å². The minimum absolute atomic E-state index is 0.129. The van der Waals surface area contributed by atoms with E-state index in [1.165, 1.54) is 24.3 Å². The molecule has 1 amide bonds. The van der Waals surface area contributed by atoms with Crippen molar-refractivity contribution in [3.63, 3.8) is 0 Å². The van der Waals surface area contributed by atoms with Crippen molar-refractivity contribution in [3.05, 3.63) is 53.0 Å². The third kappa shape index (κ3) is 7.69. The number of nitrogens with one attached hydrogen (secondary N) is 1. The number of benzene rings is 2. The Hall–Kier alpha value is -2.39. The van der Waals surface area contributed by atoms with E-state index in [-0.39, 0.29) is 11.3 Å². The molecule has 9 heteroatoms. The van der Waals surface area contributed by atoms with Crippen LogP contribution in [0, 0.1) is 0 Å². The zero-order chi connectivity index (χ0) is 20.6. The van der Waals surface area contributed by atoms with Crippen molar-refractivity contribution in [3.8, 4) is 5.75 Å². The van der Waals surface area contributed by atoms with E-state index in [0.717, 1.165) is 10.7 Å². The van der Waals surface area contributed by atoms with Crippen LogP contribution in [0.4, 0.5) is 5.69 Å². The van der Waals surface area contributed by atoms with Crippen LogP contribution < -0.4 is 10.1 Å². The molecule has 0 aromatic heterocycles. The fourth-order valence-corrected chi connectivity index (χ4v) is 3.17. The largest absolute Gasteiger partial charge is 0.494 e. The van der Waals surface area contributed by atoms with E-state index >= 15 is 0 Å². The number of esters is 1. The number of sulfone groups is 1. The Morgan fingerprint density at radius 1 is 1.11 bits per heavy atom. The highest BCUT2D eigenvalue weighted by Gasteiger charge is 2.10. The smallest absolute Gasteiger partial charge is 0.306 e. The summed E-state index contributed by atoms with van der Waals surface area (Å²) >= 11 is 3.35. The molecule has 0 unspecified atom stereocenters. The molecule has 0 bridgehead atoms. The molecule has 0 atom stereocenters. The van der Waals surface area contributed by atoms with Crippen LogP contribution in [-0.4, -0.2) is 39.8 Å². The Kier molecular flexibility index (Phi) is 8.01. The van der Waals surface area contributed by atoms with Crippen LogP contribution in [-0.2, 0) is 24.2 Å². The monoisotopic (exact) mass is 469 g/mol. The zero-order valence-corrected chi connectivity index (χ0v) is 17.6. The Morgan fingerprint density at radius 3 is 2.46 bits per heavy atom. The minimum atomic E-state index is -3.30. The second kappa shape index (κ2) is 10.2. The second-order valence-corrected chi connectivity index (χ2v) is 8.85. The molecule has 28 heavy (non-hydrogen) atoms. The maximum Gasteiger partial charge on any atom is 0.306 e. The van der Waals surface area contributed by atoms with Gasteiger partial charge in [-0.2, -0.15) is 0 Å². The molecule has 0 heterocycles. The van der Waals surface area contributed by atoms with Crippen molar-refractivity contribution in [2.24, 2.45) is 0 Å². The third-order valence-corrected chi connectivity index (χ3v) is 5.14. The molecular formula is C19H20BrNO6S. The summed E-state index contributed by atoms with van der Waals surface area (Å²) in [6.07, 6.45) is 1.69. The minimum Gasteiger partial charge on any atom is -0.494 e. The summed E-state index contributed by atoms with van der Waals surface area (Å²) < 4.78 is 34.1. The number of rotatable bonds is 9. The van der Waals surface area contributed by atoms with Crippen molar-refractivity contribution < 1.29 is 27.5 Å². The average molecular weight is 470 g/mol. The van der Waals surface area contributed by atoms with Gasteiger partial charge in [0.15, 0.2) is 16.4 Å². The van der Waals surface area contributed by atoms with Gasteiger partial charge in [-0.25, -0.2) is 8.42 Å². The summed E-state index contributed by atoms with van der Waals surface area (Å²) in [5.41, 5.74) is 0.413. The number of hydrogen-bond donors (Lipinski definition) is 1. The molecule has 7 nitrogen and oxygen atoms in total. The molecule has 0 fully saturated rings. The lowest BCUT2D eigenvalue weighted by Gasteiger charge is -2.08. The standard InChI is InChI=1S/C19H20BrNO6S/c1-28(24,25)17-9-7-15(8-10-17)21-18(22)13-27-19(23)6-3-11-26-16-5-2-4-14(20)12-16/h2,4-5,7-10,12H,3,6,11,13H2,1H3,(H,21,22). The fourth-order valence-electron chi connectivity index (χ4n) is 2.16. The summed E-state index contributed by atoms with van der Waals surface area (Å²) in [5, 5.41) is 2.53. The van der Waals surface area contributed by atoms with Gasteiger partial charge in [-0.1, -0.05) is 22.0 Å². The Bertz CT molecular complexity index is 928. The van der Waals surface area contributed by atoms with Gasteiger partial charge in [0.2, 0.25) is 0 Å². The lowest BCUT2D eigenvalue weighted by atomic mass is 10.3. The van der Waals surface area contributed by atoms with Crippen LogP contribution in [0.5, 0.6) is 5.75 Å². The first-order chi connectivity index (χ1) is 13.2. The van der Waals surface area contributed by atoms with E-state index < -0.39 is 28.3 Å². The topological polar surface area (TPSA) is 98.8 Å². The highest BCUT2D eigenvalue weighted by Crippen LogP contribution is 2.18. The summed E-state index contributed by atoms with van der Waals surface area (Å²) in [6, 6.07) is 13.1. The quantitative estimate of drug-likeness (QED) is 0.447. The van der Waals surface area contributed by atoms with Crippen LogP contribution in [0.15, 0.2) is 57.9 Å². The van der Waals surface area contributed by atoms with Crippen LogP contribution in [0.2, 0.25) is 0 Å². The summed E-state index contributed by atoms with van der Waals surface area (Å²) in [5.74, 6) is -0.310. The van der Waals surface area contributed by atoms with Crippen LogP contribution in [0.1, 0.15) is 12.8 Å². The predicted octanol–water partition coefficient (Wildman–Crippen LogP) is 3.19. The van der Waals surface area contributed by atoms with Crippen LogP contribution in [0.25, 0.3) is 0 Å². The molecule has 2 rings (SSSR count). The first kappa shape index (κ1) is 21.9. The maximum absolute atomic E-state index is 11.8. The molecule has 0 spiro atoms. The van der Waals surface area contributed by atoms with Gasteiger partial charge in [0.1, 0.15) is 5.75 Å². The van der Waals surface area contributed by atoms with Gasteiger partial charge < -0.3 is 14.8 Å². The number of amides is 1. The van der Waals surface area contributed by atoms with Crippen molar-refractivity contribution in [2.45, 2.75) is 17.7 Å². The van der Waals surface area contributed by atoms with Crippen molar-refractivity contribution >= 4 is 43.3 Å². The number of carbonyl (C=O) groups excluding carboxylic acids is 2. The van der Waals surface area contributed by atoms with Gasteiger partial charge >= 0.3 is 5.97 Å². The lowest BCUT2D eigenvalue weighted by Crippen LogP contribution is -2.21. The average Bonchev–Trinajstić information content (AvgIpc) is 2.63. The number of anilines is 1. The Balaban J connectivity index is 1.66. The fraction of sp³-hybridized carbons (Fsp3) is 0.263. The van der Waals surface area contributed by atoms with E-state index in [9.17, 15) is 18.0 Å². The van der Waals surface area contributed by atoms with Gasteiger partial charge in [0, 0.05) is 22.8 Å². The molecule has 150 valence electrons. The molecule has 2 aromatic rings. The number of halogens is 1. The summed E-state index contributed by atoms with van der Waals surface area (Å²) in [7, 11) is -3.30. The van der Waals surface area contributed by atoms with Crippen LogP contribution >= 0.6 is 15.9 Å². The van der Waals surface area contributed by atoms with Crippen LogP contribution in [0.3, 0.4) is 0 Å². The molecule has 0 saturated heterocycles. The molecule has 0 aliphatic heterocycles. The highest BCUT2D eigenvalue weighted by atomic mass is 79.9. The molecule has 0 radical (unpaired) electrons. The normalized spacial score (nSPS) is 10.9. The van der Waals surface area contributed by atoms with E-state index in [4.69, 9.17) is 9.47 Å². The first-order valence-corrected chi connectivity index (χ1v) is 11.1. The third-order valence-electron chi connectivity index (χ3n) is 3.52. The van der Waals surface area contributed by atoms with Gasteiger partial charge in [-0.05, 0) is 48.9 Å². The molecule has 0 aliphatic carbocycles. The van der Waals surface area contributed by atoms with Gasteiger partial charge in [-0.15, -0.1) is 0 Å². The molecule has 0 saturated carbocycles. The maximum atomic E-state index is 11.8. The van der Waals surface area contributed by atoms with E-state index in [1.807, 2.05) is 24.3 Å². The highest BCUT2D eigenvalue weighted by molar-refractivity contribution is 9.10. The van der Waals surface area contributed by atoms with E-state index in [0.29, 0.717) is 24.5 Å². The summed E-state index contributed by atoms with van der Waals surface area (Å²) in [4.78, 5) is 23.7. The lowest BCUT2D eigenvalue weighted by molar-refractivity contribution is -0.147. The van der Waals surface area contributed by atoms with Crippen molar-refractivity contribution in [1.29, 1.82) is 0 Å². The van der Waals surface area contributed by atoms with Crippen molar-refractivity contribution in [2.75, 3.05) is 24.8 Å². The van der Waals surface area contributed by atoms with Gasteiger partial charge in [0.25, 0.3) is 5.91 Å². The predicted molar refractivity (Wildman–Crippen MR) is 108 cm³/mol. The number of carbonyl (C=O) groups is 2. The number of hydrogen-bond acceptors (Lipinski definition) is 6. The zero-order valence-electron chi connectivity index (χ0n) is 15.2. The molecule has 2 aromatic carbocycles. The Morgan fingerprint density at radius 2 is 1.82 bits per heavy atom. The number of ether oxygens (including phenoxy) is 2. The van der Waals surface area contributed by atoms with E-state index in [1.54, 1.807) is 0 Å².